The van der Waals surface area contributed by atoms with Gasteiger partial charge in [-0.1, -0.05) is 24.3 Å². The van der Waals surface area contributed by atoms with Crippen molar-refractivity contribution >= 4 is 32.7 Å². The van der Waals surface area contributed by atoms with E-state index in [1.807, 2.05) is 6.07 Å². The number of benzene rings is 2. The van der Waals surface area contributed by atoms with Gasteiger partial charge in [-0.15, -0.1) is 0 Å². The van der Waals surface area contributed by atoms with Gasteiger partial charge in [0.15, 0.2) is 5.43 Å². The van der Waals surface area contributed by atoms with Crippen molar-refractivity contribution in [1.82, 2.24) is 19.9 Å². The van der Waals surface area contributed by atoms with E-state index in [2.05, 4.69) is 25.3 Å². The molecule has 39 heavy (non-hydrogen) atoms. The molecule has 0 fully saturated rings. The summed E-state index contributed by atoms with van der Waals surface area (Å²) in [6.45, 7) is 1.79. The first kappa shape index (κ1) is 27.4. The highest BCUT2D eigenvalue weighted by Gasteiger charge is 2.30. The van der Waals surface area contributed by atoms with Crippen LogP contribution in [0.3, 0.4) is 0 Å². The lowest BCUT2D eigenvalue weighted by Crippen LogP contribution is -2.06. The molecule has 0 spiro atoms. The second kappa shape index (κ2) is 11.0. The number of hydrogen-bond acceptors (Lipinski definition) is 7. The molecule has 13 heteroatoms. The Bertz CT molecular complexity index is 1780. The van der Waals surface area contributed by atoms with Crippen molar-refractivity contribution in [3.63, 3.8) is 0 Å². The van der Waals surface area contributed by atoms with Crippen LogP contribution in [0.15, 0.2) is 95.1 Å². The summed E-state index contributed by atoms with van der Waals surface area (Å²) in [7, 11) is -4.00. The first-order valence-corrected chi connectivity index (χ1v) is 12.6. The molecule has 0 saturated heterocycles. The second-order valence-electron chi connectivity index (χ2n) is 8.14. The Morgan fingerprint density at radius 2 is 1.69 bits per heavy atom. The van der Waals surface area contributed by atoms with Gasteiger partial charge in [-0.3, -0.25) is 9.35 Å². The van der Waals surface area contributed by atoms with Gasteiger partial charge in [0.1, 0.15) is 18.0 Å². The van der Waals surface area contributed by atoms with Crippen LogP contribution in [0.2, 0.25) is 0 Å². The molecule has 3 N–H and O–H groups in total. The van der Waals surface area contributed by atoms with Crippen LogP contribution in [0.5, 0.6) is 0 Å². The minimum absolute atomic E-state index is 0.0741. The quantitative estimate of drug-likeness (QED) is 0.251. The Labute approximate surface area is 220 Å². The van der Waals surface area contributed by atoms with Crippen LogP contribution < -0.4 is 10.7 Å². The average Bonchev–Trinajstić information content (AvgIpc) is 2.90. The number of fused-ring (bicyclic) bond motifs is 1. The minimum Gasteiger partial charge on any atom is -0.361 e. The lowest BCUT2D eigenvalue weighted by molar-refractivity contribution is -0.137. The third kappa shape index (κ3) is 6.64. The van der Waals surface area contributed by atoms with Crippen molar-refractivity contribution in [2.75, 3.05) is 5.32 Å². The highest BCUT2D eigenvalue weighted by Crippen LogP contribution is 2.30. The van der Waals surface area contributed by atoms with E-state index in [4.69, 9.17) is 4.55 Å². The smallest absolute Gasteiger partial charge is 0.361 e. The summed E-state index contributed by atoms with van der Waals surface area (Å²) < 4.78 is 67.3. The van der Waals surface area contributed by atoms with E-state index < -0.39 is 21.9 Å². The Kier molecular flexibility index (Phi) is 7.74. The van der Waals surface area contributed by atoms with Gasteiger partial charge in [-0.2, -0.15) is 21.6 Å². The third-order valence-corrected chi connectivity index (χ3v) is 6.36. The molecule has 0 aliphatic heterocycles. The summed E-state index contributed by atoms with van der Waals surface area (Å²) in [4.78, 5) is 27.1. The zero-order chi connectivity index (χ0) is 28.2. The maximum atomic E-state index is 12.7. The minimum atomic E-state index is -4.44. The van der Waals surface area contributed by atoms with E-state index in [1.165, 1.54) is 30.6 Å². The standard InChI is InChI=1S/C20H14F3N5O.C6H6O3S/c1-11-18(12-2-4-14-15(8-12)24-7-6-16(14)29)26-10-27-19(11)28-17-5-3-13(9-25-17)20(21,22)23;7-10(8,9)6-4-2-1-3-5-6/h2-10H,1H3,(H,24,29)(H,25,26,27,28);1-5H,(H,7,8,9). The molecule has 2 aromatic carbocycles. The fourth-order valence-corrected chi connectivity index (χ4v) is 4.04. The molecule has 5 rings (SSSR count). The summed E-state index contributed by atoms with van der Waals surface area (Å²) in [5.74, 6) is 0.650. The van der Waals surface area contributed by atoms with Gasteiger partial charge in [-0.25, -0.2) is 15.0 Å². The molecule has 0 aliphatic carbocycles. The third-order valence-electron chi connectivity index (χ3n) is 5.49. The number of pyridine rings is 2. The van der Waals surface area contributed by atoms with Crippen molar-refractivity contribution < 1.29 is 26.1 Å². The first-order chi connectivity index (χ1) is 18.4. The Hall–Kier alpha value is -4.62. The van der Waals surface area contributed by atoms with Gasteiger partial charge < -0.3 is 10.3 Å². The van der Waals surface area contributed by atoms with Crippen LogP contribution >= 0.6 is 0 Å². The topological polar surface area (TPSA) is 138 Å². The normalized spacial score (nSPS) is 11.5. The lowest BCUT2D eigenvalue weighted by Gasteiger charge is -2.12. The highest BCUT2D eigenvalue weighted by atomic mass is 32.2. The van der Waals surface area contributed by atoms with Crippen LogP contribution in [-0.4, -0.2) is 32.9 Å². The monoisotopic (exact) mass is 555 g/mol. The van der Waals surface area contributed by atoms with Gasteiger partial charge in [0, 0.05) is 40.5 Å². The molecule has 0 bridgehead atoms. The predicted molar refractivity (Wildman–Crippen MR) is 139 cm³/mol. The number of aromatic amines is 1. The zero-order valence-corrected chi connectivity index (χ0v) is 21.0. The molecule has 5 aromatic rings. The van der Waals surface area contributed by atoms with Crippen LogP contribution in [0, 0.1) is 6.92 Å². The molecular formula is C26H20F3N5O4S. The Morgan fingerprint density at radius 3 is 2.31 bits per heavy atom. The zero-order valence-electron chi connectivity index (χ0n) is 20.1. The number of nitrogens with zero attached hydrogens (tertiary/aromatic N) is 3. The van der Waals surface area contributed by atoms with Gasteiger partial charge in [0.2, 0.25) is 0 Å². The Balaban J connectivity index is 0.000000298. The van der Waals surface area contributed by atoms with Gasteiger partial charge in [-0.05, 0) is 43.3 Å². The first-order valence-electron chi connectivity index (χ1n) is 11.2. The number of hydrogen-bond donors (Lipinski definition) is 3. The van der Waals surface area contributed by atoms with E-state index in [0.29, 0.717) is 28.0 Å². The lowest BCUT2D eigenvalue weighted by atomic mass is 10.0. The van der Waals surface area contributed by atoms with Gasteiger partial charge in [0.05, 0.1) is 16.2 Å². The predicted octanol–water partition coefficient (Wildman–Crippen LogP) is 5.38. The summed E-state index contributed by atoms with van der Waals surface area (Å²) in [6, 6.07) is 16.4. The molecule has 0 unspecified atom stereocenters. The Morgan fingerprint density at radius 1 is 0.949 bits per heavy atom. The molecule has 0 saturated carbocycles. The fraction of sp³-hybridized carbons (Fsp3) is 0.0769. The molecule has 3 aromatic heterocycles. The van der Waals surface area contributed by atoms with Crippen LogP contribution in [0.25, 0.3) is 22.2 Å². The number of anilines is 2. The van der Waals surface area contributed by atoms with E-state index in [9.17, 15) is 26.4 Å². The maximum Gasteiger partial charge on any atom is 0.417 e. The maximum absolute atomic E-state index is 12.7. The van der Waals surface area contributed by atoms with Crippen molar-refractivity contribution in [3.8, 4) is 11.3 Å². The van der Waals surface area contributed by atoms with Crippen LogP contribution in [0.4, 0.5) is 24.8 Å². The second-order valence-corrected chi connectivity index (χ2v) is 9.56. The number of halogens is 3. The molecule has 0 radical (unpaired) electrons. The SMILES string of the molecule is Cc1c(Nc2ccc(C(F)(F)F)cn2)ncnc1-c1ccc2c(=O)cc[nH]c2c1.O=S(=O)(O)c1ccccc1. The number of aromatic nitrogens is 4. The van der Waals surface area contributed by atoms with E-state index in [0.717, 1.165) is 17.8 Å². The molecule has 200 valence electrons. The van der Waals surface area contributed by atoms with E-state index in [1.54, 1.807) is 43.5 Å². The van der Waals surface area contributed by atoms with E-state index >= 15 is 0 Å². The highest BCUT2D eigenvalue weighted by molar-refractivity contribution is 7.85. The summed E-state index contributed by atoms with van der Waals surface area (Å²) in [5, 5.41) is 3.48. The number of alkyl halides is 3. The van der Waals surface area contributed by atoms with Gasteiger partial charge in [0.25, 0.3) is 10.1 Å². The van der Waals surface area contributed by atoms with Crippen molar-refractivity contribution in [2.45, 2.75) is 18.0 Å². The molecule has 0 atom stereocenters. The van der Waals surface area contributed by atoms with Crippen LogP contribution in [0.1, 0.15) is 11.1 Å². The summed E-state index contributed by atoms with van der Waals surface area (Å²) >= 11 is 0. The number of H-pyrrole nitrogens is 1. The fourth-order valence-electron chi connectivity index (χ4n) is 3.54. The average molecular weight is 556 g/mol. The van der Waals surface area contributed by atoms with Crippen LogP contribution in [-0.2, 0) is 16.3 Å². The largest absolute Gasteiger partial charge is 0.417 e. The number of nitrogens with one attached hydrogen (secondary N) is 2. The molecule has 0 amide bonds. The molecule has 0 aliphatic rings. The summed E-state index contributed by atoms with van der Waals surface area (Å²) in [6.07, 6.45) is -0.753. The van der Waals surface area contributed by atoms with Gasteiger partial charge >= 0.3 is 6.18 Å². The van der Waals surface area contributed by atoms with Crippen molar-refractivity contribution in [2.24, 2.45) is 0 Å². The van der Waals surface area contributed by atoms with Crippen molar-refractivity contribution in [3.05, 3.63) is 107 Å². The molecular weight excluding hydrogens is 535 g/mol. The molecule has 3 heterocycles. The van der Waals surface area contributed by atoms with Crippen molar-refractivity contribution in [1.29, 1.82) is 0 Å². The van der Waals surface area contributed by atoms with E-state index in [-0.39, 0.29) is 16.1 Å². The number of rotatable bonds is 4. The molecule has 9 nitrogen and oxygen atoms in total. The summed E-state index contributed by atoms with van der Waals surface area (Å²) in [5.41, 5.74) is 1.84.